The summed E-state index contributed by atoms with van der Waals surface area (Å²) in [4.78, 5) is -0.152. The van der Waals surface area contributed by atoms with Gasteiger partial charge in [-0.15, -0.1) is 0 Å². The second kappa shape index (κ2) is 9.11. The molecule has 1 aromatic heterocycles. The Morgan fingerprint density at radius 2 is 1.87 bits per heavy atom. The first kappa shape index (κ1) is 22.2. The van der Waals surface area contributed by atoms with Crippen molar-refractivity contribution in [3.63, 3.8) is 0 Å². The van der Waals surface area contributed by atoms with Gasteiger partial charge in [0.1, 0.15) is 5.75 Å². The molecular weight excluding hydrogens is 436 g/mol. The van der Waals surface area contributed by atoms with Crippen molar-refractivity contribution in [3.8, 4) is 5.75 Å². The van der Waals surface area contributed by atoms with Gasteiger partial charge in [-0.25, -0.2) is 13.1 Å². The Kier molecular flexibility index (Phi) is 6.74. The predicted octanol–water partition coefficient (Wildman–Crippen LogP) is 4.28. The molecule has 0 bridgehead atoms. The lowest BCUT2D eigenvalue weighted by atomic mass is 10.2. The highest BCUT2D eigenvalue weighted by molar-refractivity contribution is 7.89. The summed E-state index contributed by atoms with van der Waals surface area (Å²) in [7, 11) is -3.92. The first-order valence-corrected chi connectivity index (χ1v) is 10.8. The lowest BCUT2D eigenvalue weighted by molar-refractivity contribution is -0.0498. The van der Waals surface area contributed by atoms with Crippen molar-refractivity contribution in [2.75, 3.05) is 0 Å². The van der Waals surface area contributed by atoms with Crippen LogP contribution in [-0.2, 0) is 23.1 Å². The third-order valence-electron chi connectivity index (χ3n) is 4.58. The number of hydrogen-bond acceptors (Lipinski definition) is 4. The van der Waals surface area contributed by atoms with E-state index in [4.69, 9.17) is 11.6 Å². The van der Waals surface area contributed by atoms with Crippen LogP contribution in [0.4, 0.5) is 8.78 Å². The maximum Gasteiger partial charge on any atom is 0.387 e. The Balaban J connectivity index is 1.75. The predicted molar refractivity (Wildman–Crippen MR) is 109 cm³/mol. The molecule has 6 nitrogen and oxygen atoms in total. The zero-order valence-electron chi connectivity index (χ0n) is 16.3. The highest BCUT2D eigenvalue weighted by Crippen LogP contribution is 2.28. The van der Waals surface area contributed by atoms with Crippen LogP contribution >= 0.6 is 11.6 Å². The smallest absolute Gasteiger partial charge is 0.387 e. The average molecular weight is 456 g/mol. The van der Waals surface area contributed by atoms with Crippen LogP contribution in [0.3, 0.4) is 0 Å². The molecule has 30 heavy (non-hydrogen) atoms. The topological polar surface area (TPSA) is 73.2 Å². The lowest BCUT2D eigenvalue weighted by Crippen LogP contribution is -2.24. The molecule has 10 heteroatoms. The normalized spacial score (nSPS) is 11.8. The average Bonchev–Trinajstić information content (AvgIpc) is 2.95. The van der Waals surface area contributed by atoms with E-state index in [0.29, 0.717) is 12.2 Å². The van der Waals surface area contributed by atoms with E-state index in [9.17, 15) is 17.2 Å². The van der Waals surface area contributed by atoms with Crippen LogP contribution in [0.1, 0.15) is 22.5 Å². The van der Waals surface area contributed by atoms with Crippen LogP contribution in [0.25, 0.3) is 0 Å². The minimum absolute atomic E-state index is 0.0295. The van der Waals surface area contributed by atoms with Gasteiger partial charge in [0, 0.05) is 17.8 Å². The standard InChI is InChI=1S/C20H20ClF2N3O3S/c1-13-17(14(2)26(25-13)12-15-6-4-3-5-7-15)11-24-30(27,28)16-8-9-19(18(21)10-16)29-20(22)23/h3-10,20,24H,11-12H2,1-2H3. The van der Waals surface area contributed by atoms with Crippen molar-refractivity contribution >= 4 is 21.6 Å². The van der Waals surface area contributed by atoms with Gasteiger partial charge in [0.15, 0.2) is 0 Å². The minimum atomic E-state index is -3.92. The molecule has 0 atom stereocenters. The highest BCUT2D eigenvalue weighted by Gasteiger charge is 2.19. The third-order valence-corrected chi connectivity index (χ3v) is 6.27. The van der Waals surface area contributed by atoms with E-state index in [1.807, 2.05) is 48.9 Å². The van der Waals surface area contributed by atoms with E-state index in [1.165, 1.54) is 0 Å². The zero-order valence-corrected chi connectivity index (χ0v) is 17.8. The lowest BCUT2D eigenvalue weighted by Gasteiger charge is -2.10. The summed E-state index contributed by atoms with van der Waals surface area (Å²) in [5, 5.41) is 4.28. The molecule has 0 spiro atoms. The summed E-state index contributed by atoms with van der Waals surface area (Å²) in [6.45, 7) is 1.23. The van der Waals surface area contributed by atoms with Crippen molar-refractivity contribution in [3.05, 3.63) is 76.1 Å². The number of rotatable bonds is 8. The summed E-state index contributed by atoms with van der Waals surface area (Å²) in [6, 6.07) is 13.1. The zero-order chi connectivity index (χ0) is 21.9. The molecule has 0 fully saturated rings. The summed E-state index contributed by atoms with van der Waals surface area (Å²) in [5.74, 6) is -0.292. The van der Waals surface area contributed by atoms with Crippen molar-refractivity contribution in [1.82, 2.24) is 14.5 Å². The molecule has 0 saturated heterocycles. The summed E-state index contributed by atoms with van der Waals surface area (Å²) in [6.07, 6.45) is 0. The molecule has 1 heterocycles. The van der Waals surface area contributed by atoms with E-state index >= 15 is 0 Å². The van der Waals surface area contributed by atoms with Crippen molar-refractivity contribution < 1.29 is 21.9 Å². The van der Waals surface area contributed by atoms with E-state index in [-0.39, 0.29) is 22.2 Å². The van der Waals surface area contributed by atoms with Crippen LogP contribution in [-0.4, -0.2) is 24.8 Å². The monoisotopic (exact) mass is 455 g/mol. The highest BCUT2D eigenvalue weighted by atomic mass is 35.5. The molecule has 0 saturated carbocycles. The Bertz CT molecular complexity index is 1140. The molecule has 1 N–H and O–H groups in total. The Hall–Kier alpha value is -2.49. The van der Waals surface area contributed by atoms with Crippen LogP contribution < -0.4 is 9.46 Å². The van der Waals surface area contributed by atoms with Gasteiger partial charge in [-0.2, -0.15) is 13.9 Å². The number of halogens is 3. The number of aryl methyl sites for hydroxylation is 1. The molecule has 0 amide bonds. The molecule has 3 aromatic rings. The number of nitrogens with zero attached hydrogens (tertiary/aromatic N) is 2. The Morgan fingerprint density at radius 1 is 1.17 bits per heavy atom. The van der Waals surface area contributed by atoms with Gasteiger partial charge in [0.05, 0.1) is 22.2 Å². The van der Waals surface area contributed by atoms with Crippen molar-refractivity contribution in [2.24, 2.45) is 0 Å². The minimum Gasteiger partial charge on any atom is -0.433 e. The number of aromatic nitrogens is 2. The summed E-state index contributed by atoms with van der Waals surface area (Å²) >= 11 is 5.86. The molecule has 0 aliphatic heterocycles. The number of alkyl halides is 2. The van der Waals surface area contributed by atoms with Gasteiger partial charge in [0.2, 0.25) is 10.0 Å². The van der Waals surface area contributed by atoms with E-state index in [1.54, 1.807) is 0 Å². The van der Waals surface area contributed by atoms with Crippen LogP contribution in [0.2, 0.25) is 5.02 Å². The van der Waals surface area contributed by atoms with Crippen LogP contribution in [0.5, 0.6) is 5.75 Å². The maximum absolute atomic E-state index is 12.6. The van der Waals surface area contributed by atoms with Crippen molar-refractivity contribution in [2.45, 2.75) is 38.4 Å². The fraction of sp³-hybridized carbons (Fsp3) is 0.250. The van der Waals surface area contributed by atoms with Gasteiger partial charge in [-0.3, -0.25) is 4.68 Å². The Labute approximate surface area is 178 Å². The number of ether oxygens (including phenoxy) is 1. The number of sulfonamides is 1. The fourth-order valence-electron chi connectivity index (χ4n) is 2.99. The van der Waals surface area contributed by atoms with Crippen LogP contribution in [0.15, 0.2) is 53.4 Å². The molecule has 0 unspecified atom stereocenters. The van der Waals surface area contributed by atoms with Gasteiger partial charge >= 0.3 is 6.61 Å². The van der Waals surface area contributed by atoms with Crippen LogP contribution in [0, 0.1) is 13.8 Å². The number of hydrogen-bond donors (Lipinski definition) is 1. The molecule has 0 aliphatic carbocycles. The van der Waals surface area contributed by atoms with Gasteiger partial charge < -0.3 is 4.74 Å². The van der Waals surface area contributed by atoms with E-state index < -0.39 is 16.6 Å². The molecule has 0 aliphatic rings. The number of benzene rings is 2. The summed E-state index contributed by atoms with van der Waals surface area (Å²) in [5.41, 5.74) is 3.40. The van der Waals surface area contributed by atoms with Crippen molar-refractivity contribution in [1.29, 1.82) is 0 Å². The molecule has 0 radical (unpaired) electrons. The second-order valence-corrected chi connectivity index (χ2v) is 8.76. The first-order valence-electron chi connectivity index (χ1n) is 8.98. The second-order valence-electron chi connectivity index (χ2n) is 6.59. The van der Waals surface area contributed by atoms with Gasteiger partial charge in [-0.05, 0) is 37.6 Å². The number of nitrogens with one attached hydrogen (secondary N) is 1. The van der Waals surface area contributed by atoms with Gasteiger partial charge in [0.25, 0.3) is 0 Å². The molecule has 3 rings (SSSR count). The molecular formula is C20H20ClF2N3O3S. The quantitative estimate of drug-likeness (QED) is 0.550. The SMILES string of the molecule is Cc1nn(Cc2ccccc2)c(C)c1CNS(=O)(=O)c1ccc(OC(F)F)c(Cl)c1. The largest absolute Gasteiger partial charge is 0.433 e. The van der Waals surface area contributed by atoms with E-state index in [0.717, 1.165) is 35.0 Å². The van der Waals surface area contributed by atoms with E-state index in [2.05, 4.69) is 14.6 Å². The first-order chi connectivity index (χ1) is 14.2. The molecule has 2 aromatic carbocycles. The Morgan fingerprint density at radius 3 is 2.50 bits per heavy atom. The fourth-order valence-corrected chi connectivity index (χ4v) is 4.30. The third kappa shape index (κ3) is 5.16. The maximum atomic E-state index is 12.6. The molecule has 160 valence electrons. The van der Waals surface area contributed by atoms with Gasteiger partial charge in [-0.1, -0.05) is 41.9 Å². The summed E-state index contributed by atoms with van der Waals surface area (Å²) < 4.78 is 58.5.